The maximum Gasteiger partial charge on any atom is 0.233 e. The molecule has 1 aliphatic carbocycles. The summed E-state index contributed by atoms with van der Waals surface area (Å²) in [6, 6.07) is 10.3. The molecule has 1 aromatic heterocycles. The van der Waals surface area contributed by atoms with Gasteiger partial charge in [-0.05, 0) is 19.8 Å². The van der Waals surface area contributed by atoms with Crippen LogP contribution in [0.2, 0.25) is 0 Å². The number of carbonyl (C=O) groups excluding carboxylic acids is 1. The smallest absolute Gasteiger partial charge is 0.233 e. The second-order valence-corrected chi connectivity index (χ2v) is 7.64. The summed E-state index contributed by atoms with van der Waals surface area (Å²) in [5.74, 6) is 0.911. The Bertz CT molecular complexity index is 680. The summed E-state index contributed by atoms with van der Waals surface area (Å²) in [5, 5.41) is 12.3. The van der Waals surface area contributed by atoms with E-state index in [1.165, 1.54) is 31.0 Å². The van der Waals surface area contributed by atoms with E-state index in [1.807, 2.05) is 48.9 Å². The summed E-state index contributed by atoms with van der Waals surface area (Å²) in [6.45, 7) is 1.93. The molecule has 5 nitrogen and oxygen atoms in total. The highest BCUT2D eigenvalue weighted by Gasteiger charge is 2.22. The first-order chi connectivity index (χ1) is 11.6. The van der Waals surface area contributed by atoms with Crippen molar-refractivity contribution in [1.29, 1.82) is 0 Å². The molecule has 1 aliphatic rings. The molecule has 128 valence electrons. The Kier molecular flexibility index (Phi) is 5.56. The van der Waals surface area contributed by atoms with Crippen molar-refractivity contribution in [2.75, 3.05) is 0 Å². The van der Waals surface area contributed by atoms with Crippen molar-refractivity contribution in [3.05, 3.63) is 30.3 Å². The minimum atomic E-state index is -0.182. The zero-order valence-corrected chi connectivity index (χ0v) is 15.1. The summed E-state index contributed by atoms with van der Waals surface area (Å²) in [6.07, 6.45) is 5.93. The second-order valence-electron chi connectivity index (χ2n) is 6.33. The summed E-state index contributed by atoms with van der Waals surface area (Å²) >= 11 is 1.46. The maximum atomic E-state index is 12.4. The van der Waals surface area contributed by atoms with Gasteiger partial charge >= 0.3 is 0 Å². The zero-order chi connectivity index (χ0) is 16.9. The molecular weight excluding hydrogens is 320 g/mol. The van der Waals surface area contributed by atoms with Crippen molar-refractivity contribution in [3.8, 4) is 11.4 Å². The average Bonchev–Trinajstić information content (AvgIpc) is 2.97. The number of carbonyl (C=O) groups is 1. The third kappa shape index (κ3) is 3.98. The quantitative estimate of drug-likeness (QED) is 0.845. The minimum absolute atomic E-state index is 0.0937. The van der Waals surface area contributed by atoms with Crippen LogP contribution in [-0.4, -0.2) is 32.0 Å². The molecule has 24 heavy (non-hydrogen) atoms. The highest BCUT2D eigenvalue weighted by Crippen LogP contribution is 2.26. The van der Waals surface area contributed by atoms with Crippen molar-refractivity contribution in [1.82, 2.24) is 20.1 Å². The van der Waals surface area contributed by atoms with Crippen molar-refractivity contribution in [2.24, 2.45) is 7.05 Å². The highest BCUT2D eigenvalue weighted by molar-refractivity contribution is 8.00. The standard InChI is InChI=1S/C18H24N4OS/c1-13(17(23)19-15-11-7-4-8-12-15)24-18-21-20-16(22(18)2)14-9-5-3-6-10-14/h3,5-6,9-10,13,15H,4,7-8,11-12H2,1-2H3,(H,19,23). The van der Waals surface area contributed by atoms with Gasteiger partial charge in [-0.3, -0.25) is 4.79 Å². The van der Waals surface area contributed by atoms with Gasteiger partial charge in [0.2, 0.25) is 5.91 Å². The van der Waals surface area contributed by atoms with Gasteiger partial charge in [-0.25, -0.2) is 0 Å². The van der Waals surface area contributed by atoms with Crippen LogP contribution in [0.15, 0.2) is 35.5 Å². The minimum Gasteiger partial charge on any atom is -0.352 e. The van der Waals surface area contributed by atoms with Crippen molar-refractivity contribution in [3.63, 3.8) is 0 Å². The van der Waals surface area contributed by atoms with Gasteiger partial charge in [-0.2, -0.15) is 0 Å². The maximum absolute atomic E-state index is 12.4. The number of nitrogens with one attached hydrogen (secondary N) is 1. The molecule has 6 heteroatoms. The van der Waals surface area contributed by atoms with Gasteiger partial charge in [0.05, 0.1) is 5.25 Å². The molecule has 0 aliphatic heterocycles. The molecule has 0 bridgehead atoms. The van der Waals surface area contributed by atoms with E-state index in [0.29, 0.717) is 6.04 Å². The lowest BCUT2D eigenvalue weighted by Crippen LogP contribution is -2.40. The lowest BCUT2D eigenvalue weighted by Gasteiger charge is -2.24. The molecule has 0 radical (unpaired) electrons. The monoisotopic (exact) mass is 344 g/mol. The van der Waals surface area contributed by atoms with E-state index in [2.05, 4.69) is 15.5 Å². The lowest BCUT2D eigenvalue weighted by molar-refractivity contribution is -0.121. The first kappa shape index (κ1) is 17.0. The summed E-state index contributed by atoms with van der Waals surface area (Å²) in [4.78, 5) is 12.4. The van der Waals surface area contributed by atoms with Gasteiger partial charge in [-0.1, -0.05) is 61.4 Å². The normalized spacial score (nSPS) is 16.8. The van der Waals surface area contributed by atoms with Crippen LogP contribution >= 0.6 is 11.8 Å². The number of nitrogens with zero attached hydrogens (tertiary/aromatic N) is 3. The zero-order valence-electron chi connectivity index (χ0n) is 14.2. The number of aromatic nitrogens is 3. The SMILES string of the molecule is CC(Sc1nnc(-c2ccccc2)n1C)C(=O)NC1CCCCC1. The van der Waals surface area contributed by atoms with Crippen LogP contribution in [0.1, 0.15) is 39.0 Å². The van der Waals surface area contributed by atoms with E-state index in [0.717, 1.165) is 29.4 Å². The summed E-state index contributed by atoms with van der Waals surface area (Å²) < 4.78 is 1.95. The fourth-order valence-electron chi connectivity index (χ4n) is 3.03. The predicted octanol–water partition coefficient (Wildman–Crippen LogP) is 3.41. The number of hydrogen-bond donors (Lipinski definition) is 1. The first-order valence-corrected chi connectivity index (χ1v) is 9.45. The topological polar surface area (TPSA) is 59.8 Å². The van der Waals surface area contributed by atoms with E-state index in [9.17, 15) is 4.79 Å². The third-order valence-corrected chi connectivity index (χ3v) is 5.60. The molecule has 1 N–H and O–H groups in total. The lowest BCUT2D eigenvalue weighted by atomic mass is 9.95. The highest BCUT2D eigenvalue weighted by atomic mass is 32.2. The van der Waals surface area contributed by atoms with Crippen LogP contribution in [0.5, 0.6) is 0 Å². The molecule has 3 rings (SSSR count). The number of benzene rings is 1. The van der Waals surface area contributed by atoms with Gasteiger partial charge in [0.1, 0.15) is 0 Å². The summed E-state index contributed by atoms with van der Waals surface area (Å²) in [5.41, 5.74) is 1.03. The summed E-state index contributed by atoms with van der Waals surface area (Å²) in [7, 11) is 1.94. The first-order valence-electron chi connectivity index (χ1n) is 8.57. The molecule has 0 saturated heterocycles. The van der Waals surface area contributed by atoms with Gasteiger partial charge in [0.25, 0.3) is 0 Å². The Hall–Kier alpha value is -1.82. The van der Waals surface area contributed by atoms with Gasteiger partial charge in [0, 0.05) is 18.7 Å². The molecule has 1 amide bonds. The molecular formula is C18H24N4OS. The second kappa shape index (κ2) is 7.83. The molecule has 1 aromatic carbocycles. The van der Waals surface area contributed by atoms with Crippen molar-refractivity contribution >= 4 is 17.7 Å². The molecule has 1 unspecified atom stereocenters. The Balaban J connectivity index is 1.63. The third-order valence-electron chi connectivity index (χ3n) is 4.47. The van der Waals surface area contributed by atoms with Crippen LogP contribution < -0.4 is 5.32 Å². The molecule has 1 fully saturated rings. The Morgan fingerprint density at radius 3 is 2.62 bits per heavy atom. The average molecular weight is 344 g/mol. The number of hydrogen-bond acceptors (Lipinski definition) is 4. The van der Waals surface area contributed by atoms with Crippen LogP contribution in [0.25, 0.3) is 11.4 Å². The Labute approximate surface area is 147 Å². The molecule has 1 heterocycles. The Morgan fingerprint density at radius 1 is 1.21 bits per heavy atom. The number of amides is 1. The van der Waals surface area contributed by atoms with Gasteiger partial charge < -0.3 is 9.88 Å². The van der Waals surface area contributed by atoms with E-state index >= 15 is 0 Å². The number of thioether (sulfide) groups is 1. The van der Waals surface area contributed by atoms with E-state index in [-0.39, 0.29) is 11.2 Å². The van der Waals surface area contributed by atoms with E-state index in [4.69, 9.17) is 0 Å². The molecule has 2 aromatic rings. The predicted molar refractivity (Wildman–Crippen MR) is 96.8 cm³/mol. The van der Waals surface area contributed by atoms with Crippen molar-refractivity contribution in [2.45, 2.75) is 55.5 Å². The van der Waals surface area contributed by atoms with Crippen molar-refractivity contribution < 1.29 is 4.79 Å². The largest absolute Gasteiger partial charge is 0.352 e. The van der Waals surface area contributed by atoms with Crippen LogP contribution in [0, 0.1) is 0 Å². The van der Waals surface area contributed by atoms with E-state index < -0.39 is 0 Å². The molecule has 1 atom stereocenters. The Morgan fingerprint density at radius 2 is 1.92 bits per heavy atom. The fraction of sp³-hybridized carbons (Fsp3) is 0.500. The van der Waals surface area contributed by atoms with Gasteiger partial charge in [-0.15, -0.1) is 10.2 Å². The van der Waals surface area contributed by atoms with Gasteiger partial charge in [0.15, 0.2) is 11.0 Å². The van der Waals surface area contributed by atoms with Crippen LogP contribution in [-0.2, 0) is 11.8 Å². The molecule has 0 spiro atoms. The van der Waals surface area contributed by atoms with E-state index in [1.54, 1.807) is 0 Å². The molecule has 1 saturated carbocycles. The number of rotatable bonds is 5. The van der Waals surface area contributed by atoms with Crippen LogP contribution in [0.3, 0.4) is 0 Å². The fourth-order valence-corrected chi connectivity index (χ4v) is 3.86. The van der Waals surface area contributed by atoms with Crippen LogP contribution in [0.4, 0.5) is 0 Å².